The second-order valence-electron chi connectivity index (χ2n) is 23.1. The van der Waals surface area contributed by atoms with E-state index in [1.807, 2.05) is 0 Å². The number of hydrogen-bond acceptors (Lipinski definition) is 2. The van der Waals surface area contributed by atoms with Gasteiger partial charge >= 0.3 is 0 Å². The first kappa shape index (κ1) is 47.0. The Kier molecular flexibility index (Phi) is 10.3. The SMILES string of the molecule is c1ccc(N(c2ccccc2)c2cc(B3c4cc5ccccc5cc4-c4cc5ccccc5cc43)c3ccc4c(N(c5ccccc5)c5ccccc5)cc(B5c6cc7ccccc7cc6-c6cc7ccccc7cc65)c5ccc2c3c54)cc1. The Balaban J connectivity index is 1.02. The zero-order valence-corrected chi connectivity index (χ0v) is 45.9. The van der Waals surface area contributed by atoms with Crippen LogP contribution in [-0.2, 0) is 0 Å². The van der Waals surface area contributed by atoms with E-state index in [1.165, 1.54) is 130 Å². The van der Waals surface area contributed by atoms with Crippen molar-refractivity contribution in [1.29, 1.82) is 0 Å². The van der Waals surface area contributed by atoms with Crippen molar-refractivity contribution in [2.24, 2.45) is 0 Å². The van der Waals surface area contributed by atoms with Crippen LogP contribution in [-0.4, -0.2) is 13.4 Å². The molecule has 4 heteroatoms. The lowest BCUT2D eigenvalue weighted by Crippen LogP contribution is -2.50. The molecule has 2 aliphatic rings. The van der Waals surface area contributed by atoms with Crippen LogP contribution >= 0.6 is 0 Å². The molecule has 0 radical (unpaired) electrons. The zero-order valence-electron chi connectivity index (χ0n) is 45.9. The maximum absolute atomic E-state index is 2.57. The largest absolute Gasteiger partial charge is 0.310 e. The minimum Gasteiger partial charge on any atom is -0.310 e. The molecule has 0 N–H and O–H groups in total. The molecule has 2 aliphatic heterocycles. The summed E-state index contributed by atoms with van der Waals surface area (Å²) >= 11 is 0. The fraction of sp³-hybridized carbons (Fsp3) is 0. The Labute approximate surface area is 488 Å². The van der Waals surface area contributed by atoms with Crippen LogP contribution < -0.4 is 42.6 Å². The van der Waals surface area contributed by atoms with E-state index in [1.54, 1.807) is 0 Å². The summed E-state index contributed by atoms with van der Waals surface area (Å²) in [6.45, 7) is -0.166. The molecule has 2 nitrogen and oxygen atoms in total. The predicted octanol–water partition coefficient (Wildman–Crippen LogP) is 17.1. The van der Waals surface area contributed by atoms with Crippen molar-refractivity contribution < 1.29 is 0 Å². The van der Waals surface area contributed by atoms with Gasteiger partial charge < -0.3 is 9.80 Å². The van der Waals surface area contributed by atoms with E-state index < -0.39 is 0 Å². The molecule has 0 aliphatic carbocycles. The summed E-state index contributed by atoms with van der Waals surface area (Å²) in [5.41, 5.74) is 19.9. The van der Waals surface area contributed by atoms with Gasteiger partial charge in [0.1, 0.15) is 0 Å². The summed E-state index contributed by atoms with van der Waals surface area (Å²) in [7, 11) is 0. The number of benzene rings is 16. The normalized spacial score (nSPS) is 12.5. The third kappa shape index (κ3) is 7.07. The summed E-state index contributed by atoms with van der Waals surface area (Å²) in [5.74, 6) is 0. The molecule has 0 bridgehead atoms. The highest BCUT2D eigenvalue weighted by Crippen LogP contribution is 2.48. The second kappa shape index (κ2) is 18.4. The number of nitrogens with zero attached hydrogens (tertiary/aromatic N) is 2. The first-order valence-corrected chi connectivity index (χ1v) is 29.4. The van der Waals surface area contributed by atoms with E-state index >= 15 is 0 Å². The van der Waals surface area contributed by atoms with Crippen LogP contribution in [0.15, 0.2) is 303 Å². The van der Waals surface area contributed by atoms with Crippen molar-refractivity contribution in [2.75, 3.05) is 9.80 Å². The number of fused-ring (bicyclic) bond motifs is 10. The summed E-state index contributed by atoms with van der Waals surface area (Å²) < 4.78 is 0. The van der Waals surface area contributed by atoms with Crippen molar-refractivity contribution in [2.45, 2.75) is 0 Å². The standard InChI is InChI=1S/C80H50B2N2/c1-5-29-59(30-6-1)83(60-31-7-2-8-32-60)77-49-75(81-71-45-55-25-17-13-21-51(55)41-67(71)68-42-52-22-14-18-26-56(52)46-72(68)81)63-38-40-66-78(84(61-33-9-3-10-34-61)62-35-11-4-12-36-62)50-76(64-37-39-65(77)79(63)80(64)66)82-73-47-57-27-19-15-23-53(57)43-69(73)70-44-54-24-16-20-28-58(54)48-74(70)82/h1-50H. The number of rotatable bonds is 8. The lowest BCUT2D eigenvalue weighted by Gasteiger charge is -2.32. The second-order valence-corrected chi connectivity index (χ2v) is 23.1. The van der Waals surface area contributed by atoms with Gasteiger partial charge in [0.05, 0.1) is 11.4 Å². The Morgan fingerprint density at radius 2 is 0.417 bits per heavy atom. The molecule has 0 atom stereocenters. The quantitative estimate of drug-likeness (QED) is 0.111. The van der Waals surface area contributed by atoms with Crippen molar-refractivity contribution in [3.8, 4) is 22.3 Å². The van der Waals surface area contributed by atoms with Gasteiger partial charge in [-0.15, -0.1) is 0 Å². The van der Waals surface area contributed by atoms with E-state index in [4.69, 9.17) is 0 Å². The number of anilines is 6. The maximum atomic E-state index is 2.57. The fourth-order valence-corrected chi connectivity index (χ4v) is 14.9. The average molecular weight is 1060 g/mol. The lowest BCUT2D eigenvalue weighted by molar-refractivity contribution is 1.30. The highest BCUT2D eigenvalue weighted by Gasteiger charge is 2.40. The summed E-state index contributed by atoms with van der Waals surface area (Å²) in [6, 6.07) is 114. The molecule has 0 amide bonds. The number of hydrogen-bond donors (Lipinski definition) is 0. The van der Waals surface area contributed by atoms with E-state index in [0.29, 0.717) is 0 Å². The van der Waals surface area contributed by atoms with Gasteiger partial charge in [-0.3, -0.25) is 0 Å². The molecule has 2 heterocycles. The Hall–Kier alpha value is -10.7. The molecule has 0 unspecified atom stereocenters. The topological polar surface area (TPSA) is 6.48 Å². The summed E-state index contributed by atoms with van der Waals surface area (Å²) in [6.07, 6.45) is 0. The molecule has 0 saturated carbocycles. The van der Waals surface area contributed by atoms with Gasteiger partial charge in [-0.05, 0) is 172 Å². The van der Waals surface area contributed by atoms with Crippen LogP contribution in [0.3, 0.4) is 0 Å². The van der Waals surface area contributed by atoms with Crippen LogP contribution in [0.25, 0.3) is 97.7 Å². The Morgan fingerprint density at radius 1 is 0.190 bits per heavy atom. The van der Waals surface area contributed by atoms with Gasteiger partial charge in [-0.1, -0.05) is 251 Å². The fourth-order valence-electron chi connectivity index (χ4n) is 14.9. The molecule has 0 fully saturated rings. The van der Waals surface area contributed by atoms with E-state index in [0.717, 1.165) is 34.1 Å². The molecule has 386 valence electrons. The summed E-state index contributed by atoms with van der Waals surface area (Å²) in [5, 5.41) is 17.5. The van der Waals surface area contributed by atoms with Gasteiger partial charge in [0.2, 0.25) is 13.4 Å². The van der Waals surface area contributed by atoms with Gasteiger partial charge in [0.25, 0.3) is 0 Å². The zero-order chi connectivity index (χ0) is 55.0. The first-order valence-electron chi connectivity index (χ1n) is 29.4. The minimum atomic E-state index is -0.0832. The molecule has 16 aromatic rings. The van der Waals surface area contributed by atoms with Gasteiger partial charge in [0.15, 0.2) is 0 Å². The highest BCUT2D eigenvalue weighted by molar-refractivity contribution is 7.01. The van der Waals surface area contributed by atoms with E-state index in [2.05, 4.69) is 313 Å². The predicted molar refractivity (Wildman–Crippen MR) is 363 cm³/mol. The average Bonchev–Trinajstić information content (AvgIpc) is 1.59. The molecule has 84 heavy (non-hydrogen) atoms. The summed E-state index contributed by atoms with van der Waals surface area (Å²) in [4.78, 5) is 5.02. The molecule has 0 spiro atoms. The van der Waals surface area contributed by atoms with Crippen LogP contribution in [0.5, 0.6) is 0 Å². The van der Waals surface area contributed by atoms with Crippen molar-refractivity contribution in [1.82, 2.24) is 0 Å². The number of para-hydroxylation sites is 4. The van der Waals surface area contributed by atoms with Gasteiger partial charge in [-0.25, -0.2) is 0 Å². The van der Waals surface area contributed by atoms with Crippen molar-refractivity contribution in [3.05, 3.63) is 303 Å². The highest BCUT2D eigenvalue weighted by atomic mass is 15.1. The van der Waals surface area contributed by atoms with Crippen molar-refractivity contribution in [3.63, 3.8) is 0 Å². The van der Waals surface area contributed by atoms with Gasteiger partial charge in [0, 0.05) is 33.5 Å². The Bertz CT molecular complexity index is 4750. The monoisotopic (exact) mass is 1060 g/mol. The first-order chi connectivity index (χ1) is 41.7. The molecule has 0 aromatic heterocycles. The third-order valence-corrected chi connectivity index (χ3v) is 18.6. The third-order valence-electron chi connectivity index (χ3n) is 18.6. The smallest absolute Gasteiger partial charge is 0.243 e. The van der Waals surface area contributed by atoms with E-state index in [9.17, 15) is 0 Å². The van der Waals surface area contributed by atoms with Gasteiger partial charge in [-0.2, -0.15) is 0 Å². The van der Waals surface area contributed by atoms with E-state index in [-0.39, 0.29) is 13.4 Å². The Morgan fingerprint density at radius 3 is 0.679 bits per heavy atom. The molecular formula is C80H50B2N2. The van der Waals surface area contributed by atoms with Crippen molar-refractivity contribution >= 4 is 156 Å². The molecule has 16 aromatic carbocycles. The molecule has 18 rings (SSSR count). The molecule has 0 saturated heterocycles. The maximum Gasteiger partial charge on any atom is 0.243 e. The van der Waals surface area contributed by atoms with Crippen LogP contribution in [0, 0.1) is 0 Å². The van der Waals surface area contributed by atoms with Crippen LogP contribution in [0.4, 0.5) is 34.1 Å². The molecular weight excluding hydrogens is 1010 g/mol. The minimum absolute atomic E-state index is 0.0832. The lowest BCUT2D eigenvalue weighted by atomic mass is 9.37. The van der Waals surface area contributed by atoms with Crippen LogP contribution in [0.2, 0.25) is 0 Å². The van der Waals surface area contributed by atoms with Crippen LogP contribution in [0.1, 0.15) is 0 Å².